The van der Waals surface area contributed by atoms with E-state index in [1.54, 1.807) is 6.08 Å². The van der Waals surface area contributed by atoms with E-state index in [0.29, 0.717) is 31.8 Å². The number of cyclic esters (lactones) is 1. The number of ether oxygens (including phenoxy) is 3. The van der Waals surface area contributed by atoms with Gasteiger partial charge in [0.1, 0.15) is 12.2 Å². The highest BCUT2D eigenvalue weighted by Gasteiger charge is 2.39. The maximum absolute atomic E-state index is 12.8. The maximum Gasteiger partial charge on any atom is 0.384 e. The molecule has 0 aliphatic carbocycles. The maximum atomic E-state index is 12.8. The quantitative estimate of drug-likeness (QED) is 0.115. The molecule has 0 radical (unpaired) electrons. The summed E-state index contributed by atoms with van der Waals surface area (Å²) < 4.78 is 24.6. The van der Waals surface area contributed by atoms with Crippen molar-refractivity contribution in [3.05, 3.63) is 60.3 Å². The lowest BCUT2D eigenvalue weighted by Crippen LogP contribution is -2.43. The predicted molar refractivity (Wildman–Crippen MR) is 176 cm³/mol. The van der Waals surface area contributed by atoms with Gasteiger partial charge in [-0.1, -0.05) is 93.9 Å². The topological polar surface area (TPSA) is 74.2 Å². The van der Waals surface area contributed by atoms with Gasteiger partial charge in [0.15, 0.2) is 8.32 Å². The molecule has 0 unspecified atom stereocenters. The van der Waals surface area contributed by atoms with E-state index in [2.05, 4.69) is 84.4 Å². The van der Waals surface area contributed by atoms with Crippen LogP contribution >= 0.6 is 0 Å². The average molecular weight is 611 g/mol. The SMILES string of the molecule is C=C1C[C@H](C)C[C@@H]2CC=C[C@@H](CC#CC(=O)O[C@H]([C@@H](O)/C=C/[C@@H]3CC(C)=CCO3)C/C=C/[C@@H](O[Si](C)(C)C(C)(C)C)C1)O2. The van der Waals surface area contributed by atoms with Crippen molar-refractivity contribution < 1.29 is 28.5 Å². The van der Waals surface area contributed by atoms with Gasteiger partial charge in [0, 0.05) is 18.8 Å². The lowest BCUT2D eigenvalue weighted by atomic mass is 9.91. The fourth-order valence-corrected chi connectivity index (χ4v) is 6.64. The smallest absolute Gasteiger partial charge is 0.384 e. The number of fused-ring (bicyclic) bond motifs is 2. The summed E-state index contributed by atoms with van der Waals surface area (Å²) in [6.07, 6.45) is 16.6. The van der Waals surface area contributed by atoms with E-state index in [-0.39, 0.29) is 29.5 Å². The van der Waals surface area contributed by atoms with Crippen LogP contribution in [0.15, 0.2) is 60.3 Å². The summed E-state index contributed by atoms with van der Waals surface area (Å²) in [4.78, 5) is 12.8. The van der Waals surface area contributed by atoms with Crippen molar-refractivity contribution in [3.63, 3.8) is 0 Å². The van der Waals surface area contributed by atoms with Gasteiger partial charge in [-0.3, -0.25) is 0 Å². The second-order valence-electron chi connectivity index (χ2n) is 14.0. The molecule has 6 nitrogen and oxygen atoms in total. The number of hydrogen-bond donors (Lipinski definition) is 1. The van der Waals surface area contributed by atoms with E-state index in [9.17, 15) is 9.90 Å². The van der Waals surface area contributed by atoms with Crippen molar-refractivity contribution in [3.8, 4) is 11.8 Å². The Bertz CT molecular complexity index is 1130. The third-order valence-corrected chi connectivity index (χ3v) is 13.3. The van der Waals surface area contributed by atoms with Crippen molar-refractivity contribution in [2.75, 3.05) is 6.61 Å². The molecular formula is C36H54O6Si. The molecule has 2 bridgehead atoms. The molecule has 0 saturated heterocycles. The van der Waals surface area contributed by atoms with Gasteiger partial charge in [0.05, 0.1) is 31.0 Å². The van der Waals surface area contributed by atoms with E-state index in [0.717, 1.165) is 31.3 Å². The second-order valence-corrected chi connectivity index (χ2v) is 18.7. The minimum atomic E-state index is -2.08. The van der Waals surface area contributed by atoms with E-state index < -0.39 is 26.5 Å². The van der Waals surface area contributed by atoms with Crippen LogP contribution in [0.5, 0.6) is 0 Å². The summed E-state index contributed by atoms with van der Waals surface area (Å²) in [7, 11) is -2.08. The van der Waals surface area contributed by atoms with Gasteiger partial charge in [-0.25, -0.2) is 4.79 Å². The summed E-state index contributed by atoms with van der Waals surface area (Å²) in [5, 5.41) is 11.2. The van der Waals surface area contributed by atoms with Gasteiger partial charge in [0.2, 0.25) is 0 Å². The molecule has 0 fully saturated rings. The van der Waals surface area contributed by atoms with E-state index in [1.165, 1.54) is 5.57 Å². The van der Waals surface area contributed by atoms with E-state index in [4.69, 9.17) is 18.6 Å². The molecular weight excluding hydrogens is 556 g/mol. The number of aliphatic hydroxyl groups excluding tert-OH is 1. The summed E-state index contributed by atoms with van der Waals surface area (Å²) in [6.45, 7) is 20.5. The molecule has 1 N–H and O–H groups in total. The lowest BCUT2D eigenvalue weighted by molar-refractivity contribution is -0.145. The summed E-state index contributed by atoms with van der Waals surface area (Å²) >= 11 is 0. The molecule has 3 heterocycles. The number of aliphatic hydroxyl groups is 1. The first kappa shape index (κ1) is 35.3. The molecule has 3 aliphatic rings. The van der Waals surface area contributed by atoms with Crippen LogP contribution in [0.1, 0.15) is 79.6 Å². The van der Waals surface area contributed by atoms with Crippen molar-refractivity contribution in [2.24, 2.45) is 5.92 Å². The van der Waals surface area contributed by atoms with Crippen molar-refractivity contribution in [1.82, 2.24) is 0 Å². The van der Waals surface area contributed by atoms with E-state index >= 15 is 0 Å². The zero-order valence-electron chi connectivity index (χ0n) is 27.4. The molecule has 0 saturated carbocycles. The number of esters is 1. The standard InChI is InChI=1S/C36H54O6Si/c1-26-20-21-39-30(23-26)18-19-33(37)34-16-10-15-32(42-43(7,8)36(4,5)6)25-28(3)22-27(2)24-31-14-9-12-29(40-31)13-11-17-35(38)41-34/h9-10,12,15,18-20,27,29-34,37H,3,13-14,16,21-25H2,1-2,4-8H3/b15-10+,19-18+/t27-,29-,30+,31-,32+,33-,34-/m0/s1. The fraction of sp³-hybridized carbons (Fsp3) is 0.639. The van der Waals surface area contributed by atoms with Gasteiger partial charge in [-0.15, -0.1) is 0 Å². The highest BCUT2D eigenvalue weighted by atomic mass is 28.4. The van der Waals surface area contributed by atoms with Crippen molar-refractivity contribution in [1.29, 1.82) is 0 Å². The summed E-state index contributed by atoms with van der Waals surface area (Å²) in [5.41, 5.74) is 2.40. The molecule has 43 heavy (non-hydrogen) atoms. The monoisotopic (exact) mass is 610 g/mol. The Morgan fingerprint density at radius 2 is 1.91 bits per heavy atom. The first-order valence-electron chi connectivity index (χ1n) is 15.9. The van der Waals surface area contributed by atoms with Crippen LogP contribution < -0.4 is 0 Å². The number of rotatable bonds is 5. The minimum Gasteiger partial charge on any atom is -0.449 e. The van der Waals surface area contributed by atoms with Crippen LogP contribution in [0.3, 0.4) is 0 Å². The molecule has 0 aromatic rings. The first-order chi connectivity index (χ1) is 20.2. The minimum absolute atomic E-state index is 0.0519. The Hall–Kier alpha value is -2.21. The molecule has 3 rings (SSSR count). The molecule has 0 spiro atoms. The van der Waals surface area contributed by atoms with Crippen LogP contribution in [0.25, 0.3) is 0 Å². The molecule has 7 atom stereocenters. The molecule has 0 aromatic carbocycles. The van der Waals surface area contributed by atoms with Crippen LogP contribution in [-0.4, -0.2) is 62.6 Å². The Kier molecular flexibility index (Phi) is 13.3. The van der Waals surface area contributed by atoms with Gasteiger partial charge >= 0.3 is 5.97 Å². The predicted octanol–water partition coefficient (Wildman–Crippen LogP) is 7.37. The highest BCUT2D eigenvalue weighted by molar-refractivity contribution is 6.74. The third kappa shape index (κ3) is 12.0. The first-order valence-corrected chi connectivity index (χ1v) is 18.8. The average Bonchev–Trinajstić information content (AvgIpc) is 2.90. The fourth-order valence-electron chi connectivity index (χ4n) is 5.37. The molecule has 3 aliphatic heterocycles. The van der Waals surface area contributed by atoms with Crippen molar-refractivity contribution in [2.45, 2.75) is 134 Å². The van der Waals surface area contributed by atoms with Crippen LogP contribution in [0.4, 0.5) is 0 Å². The zero-order chi connectivity index (χ0) is 31.6. The Morgan fingerprint density at radius 3 is 2.63 bits per heavy atom. The number of hydrogen-bond acceptors (Lipinski definition) is 6. The van der Waals surface area contributed by atoms with Crippen LogP contribution in [-0.2, 0) is 23.4 Å². The Labute approximate surface area is 261 Å². The van der Waals surface area contributed by atoms with Crippen molar-refractivity contribution >= 4 is 14.3 Å². The highest BCUT2D eigenvalue weighted by Crippen LogP contribution is 2.38. The normalized spacial score (nSPS) is 31.7. The Morgan fingerprint density at radius 1 is 1.16 bits per heavy atom. The van der Waals surface area contributed by atoms with Gasteiger partial charge in [0.25, 0.3) is 0 Å². The zero-order valence-corrected chi connectivity index (χ0v) is 28.4. The van der Waals surface area contributed by atoms with Crippen LogP contribution in [0, 0.1) is 17.8 Å². The largest absolute Gasteiger partial charge is 0.449 e. The molecule has 7 heteroatoms. The summed E-state index contributed by atoms with van der Waals surface area (Å²) in [6, 6.07) is 0. The van der Waals surface area contributed by atoms with E-state index in [1.807, 2.05) is 18.2 Å². The van der Waals surface area contributed by atoms with Gasteiger partial charge in [-0.05, 0) is 63.1 Å². The number of carbonyl (C=O) groups excluding carboxylic acids is 1. The second kappa shape index (κ2) is 16.2. The van der Waals surface area contributed by atoms with Crippen LogP contribution in [0.2, 0.25) is 18.1 Å². The van der Waals surface area contributed by atoms with Gasteiger partial charge < -0.3 is 23.7 Å². The molecule has 0 amide bonds. The number of carbonyl (C=O) groups is 1. The molecule has 0 aromatic heterocycles. The van der Waals surface area contributed by atoms with Gasteiger partial charge in [-0.2, -0.15) is 0 Å². The summed E-state index contributed by atoms with van der Waals surface area (Å²) in [5.74, 6) is 5.30. The molecule has 238 valence electrons. The lowest BCUT2D eigenvalue weighted by Gasteiger charge is -2.39. The third-order valence-electron chi connectivity index (χ3n) is 8.80. The Balaban J connectivity index is 1.85.